The van der Waals surface area contributed by atoms with Gasteiger partial charge < -0.3 is 10.1 Å². The van der Waals surface area contributed by atoms with Gasteiger partial charge in [0.15, 0.2) is 0 Å². The van der Waals surface area contributed by atoms with Crippen molar-refractivity contribution in [2.24, 2.45) is 0 Å². The Morgan fingerprint density at radius 3 is 2.30 bits per heavy atom. The van der Waals surface area contributed by atoms with Gasteiger partial charge in [-0.2, -0.15) is 0 Å². The van der Waals surface area contributed by atoms with Crippen molar-refractivity contribution in [1.29, 1.82) is 0 Å². The van der Waals surface area contributed by atoms with Crippen molar-refractivity contribution in [3.05, 3.63) is 35.4 Å². The number of benzene rings is 1. The lowest BCUT2D eigenvalue weighted by molar-refractivity contribution is 0.137. The highest BCUT2D eigenvalue weighted by Gasteiger charge is 2.17. The molecule has 0 saturated carbocycles. The second-order valence-electron chi connectivity index (χ2n) is 6.41. The molecule has 0 aliphatic rings. The van der Waals surface area contributed by atoms with Crippen molar-refractivity contribution in [2.75, 3.05) is 19.8 Å². The van der Waals surface area contributed by atoms with Crippen LogP contribution in [0.2, 0.25) is 0 Å². The summed E-state index contributed by atoms with van der Waals surface area (Å²) in [5.74, 6) is 0. The van der Waals surface area contributed by atoms with Crippen molar-refractivity contribution in [1.82, 2.24) is 5.32 Å². The van der Waals surface area contributed by atoms with Crippen LogP contribution in [-0.4, -0.2) is 25.8 Å². The highest BCUT2D eigenvalue weighted by atomic mass is 16.5. The molecular weight excluding hydrogens is 246 g/mol. The van der Waals surface area contributed by atoms with Gasteiger partial charge in [-0.05, 0) is 29.4 Å². The number of rotatable bonds is 9. The van der Waals surface area contributed by atoms with E-state index in [2.05, 4.69) is 64.2 Å². The number of hydrogen-bond acceptors (Lipinski definition) is 2. The molecule has 0 radical (unpaired) electrons. The molecular formula is C18H31NO. The molecule has 0 aliphatic heterocycles. The summed E-state index contributed by atoms with van der Waals surface area (Å²) in [7, 11) is 0. The van der Waals surface area contributed by atoms with Crippen LogP contribution in [0.3, 0.4) is 0 Å². The first-order valence-corrected chi connectivity index (χ1v) is 7.86. The maximum atomic E-state index is 5.64. The van der Waals surface area contributed by atoms with E-state index in [9.17, 15) is 0 Å². The Labute approximate surface area is 124 Å². The van der Waals surface area contributed by atoms with Crippen molar-refractivity contribution in [3.8, 4) is 0 Å². The molecule has 2 heteroatoms. The summed E-state index contributed by atoms with van der Waals surface area (Å²) in [6.07, 6.45) is 2.16. The van der Waals surface area contributed by atoms with Crippen molar-refractivity contribution >= 4 is 0 Å². The summed E-state index contributed by atoms with van der Waals surface area (Å²) in [4.78, 5) is 0. The van der Waals surface area contributed by atoms with Gasteiger partial charge >= 0.3 is 0 Å². The molecule has 0 aromatic heterocycles. The summed E-state index contributed by atoms with van der Waals surface area (Å²) in [5, 5.41) is 3.35. The average Bonchev–Trinajstić information content (AvgIpc) is 2.43. The van der Waals surface area contributed by atoms with E-state index in [4.69, 9.17) is 4.74 Å². The molecule has 1 rings (SSSR count). The van der Waals surface area contributed by atoms with E-state index in [-0.39, 0.29) is 5.41 Å². The largest absolute Gasteiger partial charge is 0.380 e. The van der Waals surface area contributed by atoms with E-state index in [1.165, 1.54) is 11.1 Å². The Hall–Kier alpha value is -0.860. The summed E-state index contributed by atoms with van der Waals surface area (Å²) < 4.78 is 5.64. The smallest absolute Gasteiger partial charge is 0.0591 e. The van der Waals surface area contributed by atoms with Crippen LogP contribution in [0, 0.1) is 0 Å². The SMILES string of the molecule is CCC(C)(C)c1ccc(CCOCCNC(C)C)cc1. The lowest BCUT2D eigenvalue weighted by Gasteiger charge is -2.23. The zero-order chi connectivity index (χ0) is 15.0. The van der Waals surface area contributed by atoms with Crippen LogP contribution in [0.4, 0.5) is 0 Å². The van der Waals surface area contributed by atoms with Gasteiger partial charge in [-0.25, -0.2) is 0 Å². The first kappa shape index (κ1) is 17.2. The minimum Gasteiger partial charge on any atom is -0.380 e. The van der Waals surface area contributed by atoms with Crippen molar-refractivity contribution in [2.45, 2.75) is 58.9 Å². The fourth-order valence-electron chi connectivity index (χ4n) is 2.04. The molecule has 0 heterocycles. The molecule has 20 heavy (non-hydrogen) atoms. The Morgan fingerprint density at radius 1 is 1.10 bits per heavy atom. The predicted octanol–water partition coefficient (Wildman–Crippen LogP) is 3.93. The molecule has 0 saturated heterocycles. The summed E-state index contributed by atoms with van der Waals surface area (Å²) in [6, 6.07) is 9.54. The first-order valence-electron chi connectivity index (χ1n) is 7.86. The predicted molar refractivity (Wildman–Crippen MR) is 87.4 cm³/mol. The lowest BCUT2D eigenvalue weighted by Crippen LogP contribution is -2.26. The zero-order valence-corrected chi connectivity index (χ0v) is 13.8. The molecule has 1 N–H and O–H groups in total. The van der Waals surface area contributed by atoms with E-state index in [1.807, 2.05) is 0 Å². The zero-order valence-electron chi connectivity index (χ0n) is 13.8. The maximum absolute atomic E-state index is 5.64. The van der Waals surface area contributed by atoms with E-state index >= 15 is 0 Å². The molecule has 0 fully saturated rings. The van der Waals surface area contributed by atoms with Crippen LogP contribution in [0.1, 0.15) is 52.2 Å². The third-order valence-electron chi connectivity index (χ3n) is 3.95. The summed E-state index contributed by atoms with van der Waals surface area (Å²) in [6.45, 7) is 13.7. The lowest BCUT2D eigenvalue weighted by atomic mass is 9.82. The van der Waals surface area contributed by atoms with Gasteiger partial charge in [-0.3, -0.25) is 0 Å². The standard InChI is InChI=1S/C18H31NO/c1-6-18(4,5)17-9-7-16(8-10-17)11-13-20-14-12-19-15(2)3/h7-10,15,19H,6,11-14H2,1-5H3. The van der Waals surface area contributed by atoms with Gasteiger partial charge in [0.25, 0.3) is 0 Å². The van der Waals surface area contributed by atoms with Crippen LogP contribution >= 0.6 is 0 Å². The maximum Gasteiger partial charge on any atom is 0.0591 e. The summed E-state index contributed by atoms with van der Waals surface area (Å²) in [5.41, 5.74) is 3.06. The fraction of sp³-hybridized carbons (Fsp3) is 0.667. The van der Waals surface area contributed by atoms with Crippen molar-refractivity contribution < 1.29 is 4.74 Å². The second-order valence-corrected chi connectivity index (χ2v) is 6.41. The van der Waals surface area contributed by atoms with E-state index in [1.54, 1.807) is 0 Å². The average molecular weight is 277 g/mol. The summed E-state index contributed by atoms with van der Waals surface area (Å²) >= 11 is 0. The Balaban J connectivity index is 2.28. The number of ether oxygens (including phenoxy) is 1. The minimum absolute atomic E-state index is 0.275. The highest BCUT2D eigenvalue weighted by molar-refractivity contribution is 5.28. The van der Waals surface area contributed by atoms with E-state index in [0.717, 1.165) is 32.6 Å². The van der Waals surface area contributed by atoms with E-state index < -0.39 is 0 Å². The van der Waals surface area contributed by atoms with Crippen LogP contribution in [0.25, 0.3) is 0 Å². The molecule has 0 aliphatic carbocycles. The van der Waals surface area contributed by atoms with Crippen LogP contribution in [-0.2, 0) is 16.6 Å². The van der Waals surface area contributed by atoms with Gasteiger partial charge in [0.1, 0.15) is 0 Å². The molecule has 0 bridgehead atoms. The number of nitrogens with one attached hydrogen (secondary N) is 1. The third-order valence-corrected chi connectivity index (χ3v) is 3.95. The fourth-order valence-corrected chi connectivity index (χ4v) is 2.04. The third kappa shape index (κ3) is 6.06. The van der Waals surface area contributed by atoms with Crippen LogP contribution < -0.4 is 5.32 Å². The number of hydrogen-bond donors (Lipinski definition) is 1. The molecule has 0 amide bonds. The first-order chi connectivity index (χ1) is 9.45. The Bertz CT molecular complexity index is 368. The van der Waals surface area contributed by atoms with Crippen LogP contribution in [0.15, 0.2) is 24.3 Å². The van der Waals surface area contributed by atoms with E-state index in [0.29, 0.717) is 6.04 Å². The molecule has 0 unspecified atom stereocenters. The molecule has 0 spiro atoms. The second kappa shape index (κ2) is 8.43. The molecule has 114 valence electrons. The monoisotopic (exact) mass is 277 g/mol. The molecule has 1 aromatic carbocycles. The Kier molecular flexibility index (Phi) is 7.25. The van der Waals surface area contributed by atoms with Crippen LogP contribution in [0.5, 0.6) is 0 Å². The topological polar surface area (TPSA) is 21.3 Å². The van der Waals surface area contributed by atoms with Gasteiger partial charge in [-0.15, -0.1) is 0 Å². The van der Waals surface area contributed by atoms with Gasteiger partial charge in [0, 0.05) is 12.6 Å². The molecule has 0 atom stereocenters. The molecule has 2 nitrogen and oxygen atoms in total. The van der Waals surface area contributed by atoms with Gasteiger partial charge in [0.05, 0.1) is 13.2 Å². The Morgan fingerprint density at radius 2 is 1.75 bits per heavy atom. The quantitative estimate of drug-likeness (QED) is 0.691. The molecule has 1 aromatic rings. The minimum atomic E-state index is 0.275. The normalized spacial score (nSPS) is 12.1. The van der Waals surface area contributed by atoms with Crippen molar-refractivity contribution in [3.63, 3.8) is 0 Å². The van der Waals surface area contributed by atoms with Gasteiger partial charge in [-0.1, -0.05) is 58.9 Å². The highest BCUT2D eigenvalue weighted by Crippen LogP contribution is 2.26. The van der Waals surface area contributed by atoms with Gasteiger partial charge in [0.2, 0.25) is 0 Å².